The molecule has 3 heteroatoms. The third-order valence-electron chi connectivity index (χ3n) is 11.2. The number of halogens is 2. The number of allylic oxidation sites excluding steroid dienone is 8. The normalized spacial score (nSPS) is 19.4. The fourth-order valence-electron chi connectivity index (χ4n) is 9.19. The summed E-state index contributed by atoms with van der Waals surface area (Å²) in [5.41, 5.74) is 20.6. The van der Waals surface area contributed by atoms with Crippen molar-refractivity contribution in [1.29, 1.82) is 0 Å². The van der Waals surface area contributed by atoms with Gasteiger partial charge in [-0.1, -0.05) is 0 Å². The Morgan fingerprint density at radius 2 is 1.10 bits per heavy atom. The number of hydrogen-bond donors (Lipinski definition) is 0. The molecule has 4 aliphatic rings. The van der Waals surface area contributed by atoms with E-state index in [0.717, 1.165) is 0 Å². The van der Waals surface area contributed by atoms with E-state index < -0.39 is 21.3 Å². The summed E-state index contributed by atoms with van der Waals surface area (Å²) < 4.78 is 4.96. The smallest absolute Gasteiger partial charge is 1.00 e. The molecule has 0 fully saturated rings. The SMILES string of the molecule is CC1=CC(C)(C)c2cc3c(cc21)-c1cc2c(cc1[CH]3/[Zr+2](=[CH]/c1ccccc1)[C]1=C(C)C(c3ccccc3)=CC1C)C(C)(C)C=C2C.[Cl-].[Cl-]. The van der Waals surface area contributed by atoms with Gasteiger partial charge < -0.3 is 24.8 Å². The molecule has 0 saturated heterocycles. The van der Waals surface area contributed by atoms with Crippen LogP contribution >= 0.6 is 0 Å². The van der Waals surface area contributed by atoms with E-state index >= 15 is 0 Å². The third kappa shape index (κ3) is 5.41. The van der Waals surface area contributed by atoms with Gasteiger partial charge in [-0.25, -0.2) is 0 Å². The van der Waals surface area contributed by atoms with Crippen molar-refractivity contribution < 1.29 is 46.1 Å². The molecule has 4 aromatic rings. The second-order valence-corrected chi connectivity index (χ2v) is 21.0. The van der Waals surface area contributed by atoms with Gasteiger partial charge in [-0.15, -0.1) is 0 Å². The molecule has 4 aliphatic carbocycles. The second-order valence-electron chi connectivity index (χ2n) is 15.3. The van der Waals surface area contributed by atoms with E-state index in [-0.39, 0.29) is 35.6 Å². The Balaban J connectivity index is 0.00000201. The zero-order valence-electron chi connectivity index (χ0n) is 29.3. The Morgan fingerprint density at radius 1 is 0.625 bits per heavy atom. The first-order chi connectivity index (χ1) is 21.9. The van der Waals surface area contributed by atoms with Crippen molar-refractivity contribution in [2.75, 3.05) is 0 Å². The van der Waals surface area contributed by atoms with Crippen LogP contribution in [0.5, 0.6) is 0 Å². The summed E-state index contributed by atoms with van der Waals surface area (Å²) in [5, 5.41) is 0. The van der Waals surface area contributed by atoms with Crippen molar-refractivity contribution in [3.63, 3.8) is 0 Å². The van der Waals surface area contributed by atoms with Crippen LogP contribution in [0.4, 0.5) is 0 Å². The van der Waals surface area contributed by atoms with Gasteiger partial charge in [-0.05, 0) is 0 Å². The predicted molar refractivity (Wildman–Crippen MR) is 195 cm³/mol. The monoisotopic (exact) mass is 744 g/mol. The van der Waals surface area contributed by atoms with Crippen LogP contribution in [0, 0.1) is 5.92 Å². The van der Waals surface area contributed by atoms with Crippen LogP contribution in [0.3, 0.4) is 0 Å². The molecular weight excluding hydrogens is 703 g/mol. The summed E-state index contributed by atoms with van der Waals surface area (Å²) in [4.78, 5) is 0. The van der Waals surface area contributed by atoms with Crippen molar-refractivity contribution in [3.05, 3.63) is 157 Å². The third-order valence-corrected chi connectivity index (χ3v) is 19.4. The zero-order valence-corrected chi connectivity index (χ0v) is 33.3. The summed E-state index contributed by atoms with van der Waals surface area (Å²) in [7, 11) is 0. The minimum atomic E-state index is -2.66. The van der Waals surface area contributed by atoms with Crippen LogP contribution in [0.1, 0.15) is 104 Å². The van der Waals surface area contributed by atoms with Gasteiger partial charge in [-0.2, -0.15) is 0 Å². The summed E-state index contributed by atoms with van der Waals surface area (Å²) in [6, 6.07) is 32.8. The first-order valence-electron chi connectivity index (χ1n) is 17.0. The largest absolute Gasteiger partial charge is 1.00 e. The molecule has 0 amide bonds. The predicted octanol–water partition coefficient (Wildman–Crippen LogP) is 5.63. The molecule has 1 atom stereocenters. The molecule has 0 radical (unpaired) electrons. The Bertz CT molecular complexity index is 2040. The van der Waals surface area contributed by atoms with E-state index in [0.29, 0.717) is 9.54 Å². The van der Waals surface area contributed by atoms with E-state index in [2.05, 4.69) is 162 Å². The first-order valence-corrected chi connectivity index (χ1v) is 21.0. The van der Waals surface area contributed by atoms with Crippen molar-refractivity contribution in [2.45, 2.75) is 69.8 Å². The minimum Gasteiger partial charge on any atom is -1.00 e. The van der Waals surface area contributed by atoms with Crippen LogP contribution in [-0.2, 0) is 32.1 Å². The van der Waals surface area contributed by atoms with E-state index in [1.54, 1.807) is 14.4 Å². The Kier molecular flexibility index (Phi) is 9.12. The number of rotatable bonds is 4. The van der Waals surface area contributed by atoms with E-state index in [1.807, 2.05) is 0 Å². The molecule has 8 rings (SSSR count). The fourth-order valence-corrected chi connectivity index (χ4v) is 17.8. The number of hydrogen-bond acceptors (Lipinski definition) is 0. The van der Waals surface area contributed by atoms with Crippen LogP contribution in [0.25, 0.3) is 27.8 Å². The number of fused-ring (bicyclic) bond motifs is 5. The van der Waals surface area contributed by atoms with Crippen LogP contribution in [0.15, 0.2) is 112 Å². The molecule has 0 aliphatic heterocycles. The standard InChI is InChI=1S/C25H25.C13H13.C7H6.2ClH.Zr/c1-14-12-24(3,4)22-8-16-7-17-9-23-19(15(2)13-25(23,5)6)11-21(17)20(16)10-18(14)22;1-10-8-11(2)13(9-10)12-6-4-3-5-7-12;1-7-5-3-2-4-6-7;;;/h7-13H,1-6H3;3-7,9-10H,1-2H3;1-6H;2*1H;/q;;;;;+2/p-2. The van der Waals surface area contributed by atoms with Crippen molar-refractivity contribution >= 4 is 20.4 Å². The van der Waals surface area contributed by atoms with Gasteiger partial charge in [0.2, 0.25) is 0 Å². The molecule has 48 heavy (non-hydrogen) atoms. The van der Waals surface area contributed by atoms with E-state index in [1.165, 1.54) is 66.8 Å². The maximum absolute atomic E-state index is 2.78. The average molecular weight is 747 g/mol. The van der Waals surface area contributed by atoms with Gasteiger partial charge >= 0.3 is 285 Å². The summed E-state index contributed by atoms with van der Waals surface area (Å²) in [5.74, 6) is 0.432. The summed E-state index contributed by atoms with van der Waals surface area (Å²) in [6.45, 7) is 19.1. The summed E-state index contributed by atoms with van der Waals surface area (Å²) in [6.07, 6.45) is 7.53. The molecule has 0 N–H and O–H groups in total. The quantitative estimate of drug-likeness (QED) is 0.254. The van der Waals surface area contributed by atoms with Crippen LogP contribution in [0.2, 0.25) is 0 Å². The molecule has 1 unspecified atom stereocenters. The molecular formula is C45H44Cl2Zr. The minimum absolute atomic E-state index is 0. The van der Waals surface area contributed by atoms with E-state index in [9.17, 15) is 0 Å². The van der Waals surface area contributed by atoms with E-state index in [4.69, 9.17) is 0 Å². The molecule has 0 aromatic heterocycles. The Hall–Kier alpha value is -2.83. The van der Waals surface area contributed by atoms with Gasteiger partial charge in [-0.3, -0.25) is 0 Å². The fraction of sp³-hybridized carbons (Fsp3) is 0.267. The van der Waals surface area contributed by atoms with Crippen molar-refractivity contribution in [2.24, 2.45) is 5.92 Å². The molecule has 4 aromatic carbocycles. The molecule has 0 bridgehead atoms. The van der Waals surface area contributed by atoms with Gasteiger partial charge in [0.1, 0.15) is 0 Å². The van der Waals surface area contributed by atoms with Crippen molar-refractivity contribution in [3.8, 4) is 11.1 Å². The molecule has 0 spiro atoms. The summed E-state index contributed by atoms with van der Waals surface area (Å²) >= 11 is -2.66. The molecule has 0 saturated carbocycles. The Labute approximate surface area is 307 Å². The second kappa shape index (κ2) is 12.5. The zero-order chi connectivity index (χ0) is 32.1. The maximum atomic E-state index is 2.78. The first kappa shape index (κ1) is 35.0. The van der Waals surface area contributed by atoms with Gasteiger partial charge in [0, 0.05) is 0 Å². The Morgan fingerprint density at radius 3 is 1.60 bits per heavy atom. The van der Waals surface area contributed by atoms with Crippen molar-refractivity contribution in [1.82, 2.24) is 0 Å². The van der Waals surface area contributed by atoms with Crippen LogP contribution < -0.4 is 24.8 Å². The average Bonchev–Trinajstić information content (AvgIpc) is 3.66. The number of benzene rings is 4. The van der Waals surface area contributed by atoms with Crippen LogP contribution in [-0.4, -0.2) is 3.71 Å². The molecule has 242 valence electrons. The molecule has 0 nitrogen and oxygen atoms in total. The maximum Gasteiger partial charge on any atom is -1.00 e. The van der Waals surface area contributed by atoms with Gasteiger partial charge in [0.15, 0.2) is 0 Å². The molecule has 0 heterocycles. The van der Waals surface area contributed by atoms with Gasteiger partial charge in [0.25, 0.3) is 0 Å². The topological polar surface area (TPSA) is 0 Å². The van der Waals surface area contributed by atoms with Gasteiger partial charge in [0.05, 0.1) is 0 Å².